The first-order valence-corrected chi connectivity index (χ1v) is 7.32. The zero-order chi connectivity index (χ0) is 15.0. The zero-order valence-electron chi connectivity index (χ0n) is 11.0. The molecular weight excluding hydrogens is 337 g/mol. The summed E-state index contributed by atoms with van der Waals surface area (Å²) in [4.78, 5) is 11.8. The van der Waals surface area contributed by atoms with E-state index < -0.39 is 23.4 Å². The van der Waals surface area contributed by atoms with E-state index in [0.717, 1.165) is 15.6 Å². The van der Waals surface area contributed by atoms with Gasteiger partial charge in [-0.2, -0.15) is 0 Å². The minimum atomic E-state index is -2.14. The molecule has 21 heavy (non-hydrogen) atoms. The molecule has 2 aromatic carbocycles. The van der Waals surface area contributed by atoms with Gasteiger partial charge in [0.25, 0.3) is 5.91 Å². The van der Waals surface area contributed by atoms with Gasteiger partial charge in [0.1, 0.15) is 0 Å². The first-order valence-electron chi connectivity index (χ1n) is 6.53. The molecule has 1 aliphatic rings. The van der Waals surface area contributed by atoms with E-state index in [-0.39, 0.29) is 0 Å². The summed E-state index contributed by atoms with van der Waals surface area (Å²) < 4.78 is 15.9. The number of rotatable bonds is 3. The van der Waals surface area contributed by atoms with Gasteiger partial charge in [0.05, 0.1) is 0 Å². The van der Waals surface area contributed by atoms with Crippen LogP contribution >= 0.6 is 15.9 Å². The second-order valence-corrected chi connectivity index (χ2v) is 5.95. The fourth-order valence-electron chi connectivity index (χ4n) is 2.95. The van der Waals surface area contributed by atoms with Crippen LogP contribution in [0.5, 0.6) is 0 Å². The van der Waals surface area contributed by atoms with E-state index in [0.29, 0.717) is 0 Å². The molecule has 1 aliphatic carbocycles. The van der Waals surface area contributed by atoms with Crippen LogP contribution in [0, 0.1) is 0 Å². The molecule has 108 valence electrons. The number of nitrogens with one attached hydrogen (secondary N) is 1. The number of amides is 1. The van der Waals surface area contributed by atoms with Gasteiger partial charge in [-0.3, -0.25) is 10.0 Å². The highest BCUT2D eigenvalue weighted by Gasteiger charge is 2.72. The van der Waals surface area contributed by atoms with Crippen molar-refractivity contribution in [3.05, 3.63) is 70.2 Å². The van der Waals surface area contributed by atoms with Gasteiger partial charge >= 0.3 is 0 Å². The molecule has 0 radical (unpaired) electrons. The molecule has 3 nitrogen and oxygen atoms in total. The molecule has 0 aliphatic heterocycles. The highest BCUT2D eigenvalue weighted by atomic mass is 79.9. The topological polar surface area (TPSA) is 49.3 Å². The summed E-state index contributed by atoms with van der Waals surface area (Å²) in [6.07, 6.45) is 0. The standard InChI is InChI=1S/C16H13BrFNO2/c17-12-9-5-4-8-11(12)14-13(10-6-2-1-3-7-10)16(14,18)15(20)19-21/h1-9,13-14,21H,(H,19,20)/t13-,14-,16+/m1/s1. The Morgan fingerprint density at radius 3 is 2.33 bits per heavy atom. The third-order valence-electron chi connectivity index (χ3n) is 3.98. The van der Waals surface area contributed by atoms with Gasteiger partial charge in [0.2, 0.25) is 5.67 Å². The summed E-state index contributed by atoms with van der Waals surface area (Å²) >= 11 is 3.40. The molecule has 0 heterocycles. The van der Waals surface area contributed by atoms with Gasteiger partial charge in [-0.15, -0.1) is 0 Å². The van der Waals surface area contributed by atoms with Crippen molar-refractivity contribution in [3.63, 3.8) is 0 Å². The molecule has 0 spiro atoms. The molecule has 0 unspecified atom stereocenters. The molecule has 1 saturated carbocycles. The van der Waals surface area contributed by atoms with Crippen LogP contribution in [0.4, 0.5) is 4.39 Å². The van der Waals surface area contributed by atoms with Crippen molar-refractivity contribution in [3.8, 4) is 0 Å². The van der Waals surface area contributed by atoms with Gasteiger partial charge in [-0.1, -0.05) is 64.5 Å². The van der Waals surface area contributed by atoms with Crippen molar-refractivity contribution in [2.75, 3.05) is 0 Å². The zero-order valence-corrected chi connectivity index (χ0v) is 12.5. The molecule has 1 amide bonds. The SMILES string of the molecule is O=C(NO)[C@]1(F)[C@H](c2ccccc2)[C@H]1c1ccccc1Br. The van der Waals surface area contributed by atoms with E-state index >= 15 is 4.39 Å². The quantitative estimate of drug-likeness (QED) is 0.657. The lowest BCUT2D eigenvalue weighted by molar-refractivity contribution is -0.136. The van der Waals surface area contributed by atoms with E-state index in [4.69, 9.17) is 5.21 Å². The number of halogens is 2. The van der Waals surface area contributed by atoms with Gasteiger partial charge < -0.3 is 0 Å². The maximum atomic E-state index is 15.2. The second kappa shape index (κ2) is 5.24. The van der Waals surface area contributed by atoms with Crippen molar-refractivity contribution in [1.29, 1.82) is 0 Å². The van der Waals surface area contributed by atoms with Crippen LogP contribution in [-0.4, -0.2) is 16.8 Å². The van der Waals surface area contributed by atoms with Crippen LogP contribution < -0.4 is 5.48 Å². The predicted octanol–water partition coefficient (Wildman–Crippen LogP) is 3.54. The smallest absolute Gasteiger partial charge is 0.282 e. The van der Waals surface area contributed by atoms with Crippen molar-refractivity contribution in [1.82, 2.24) is 5.48 Å². The molecular formula is C16H13BrFNO2. The summed E-state index contributed by atoms with van der Waals surface area (Å²) in [5.41, 5.74) is 0.778. The van der Waals surface area contributed by atoms with E-state index in [1.54, 1.807) is 24.3 Å². The summed E-state index contributed by atoms with van der Waals surface area (Å²) in [5, 5.41) is 8.86. The lowest BCUT2D eigenvalue weighted by Gasteiger charge is -2.06. The third-order valence-corrected chi connectivity index (χ3v) is 4.70. The maximum absolute atomic E-state index is 15.2. The normalized spacial score (nSPS) is 27.2. The van der Waals surface area contributed by atoms with Crippen LogP contribution in [0.15, 0.2) is 59.1 Å². The van der Waals surface area contributed by atoms with Gasteiger partial charge in [0.15, 0.2) is 0 Å². The van der Waals surface area contributed by atoms with Crippen LogP contribution in [0.3, 0.4) is 0 Å². The molecule has 2 aromatic rings. The summed E-state index contributed by atoms with van der Waals surface area (Å²) in [6, 6.07) is 16.3. The Morgan fingerprint density at radius 1 is 1.10 bits per heavy atom. The van der Waals surface area contributed by atoms with Crippen molar-refractivity contribution in [2.24, 2.45) is 0 Å². The largest absolute Gasteiger partial charge is 0.289 e. The Hall–Kier alpha value is -1.72. The van der Waals surface area contributed by atoms with E-state index in [9.17, 15) is 4.79 Å². The highest BCUT2D eigenvalue weighted by molar-refractivity contribution is 9.10. The molecule has 2 N–H and O–H groups in total. The highest BCUT2D eigenvalue weighted by Crippen LogP contribution is 2.67. The summed E-state index contributed by atoms with van der Waals surface area (Å²) in [5.74, 6) is -2.23. The monoisotopic (exact) mass is 349 g/mol. The van der Waals surface area contributed by atoms with E-state index in [1.807, 2.05) is 30.3 Å². The average Bonchev–Trinajstić information content (AvgIpc) is 3.15. The molecule has 5 heteroatoms. The molecule has 3 atom stereocenters. The minimum absolute atomic E-state index is 0.607. The Labute approximate surface area is 129 Å². The Kier molecular flexibility index (Phi) is 3.55. The van der Waals surface area contributed by atoms with Crippen molar-refractivity contribution < 1.29 is 14.4 Å². The van der Waals surface area contributed by atoms with Crippen LogP contribution in [0.2, 0.25) is 0 Å². The van der Waals surface area contributed by atoms with Gasteiger partial charge in [0, 0.05) is 16.3 Å². The van der Waals surface area contributed by atoms with E-state index in [2.05, 4.69) is 15.9 Å². The Bertz CT molecular complexity index is 679. The maximum Gasteiger partial charge on any atom is 0.282 e. The molecule has 3 rings (SSSR count). The number of alkyl halides is 1. The first-order chi connectivity index (χ1) is 10.1. The number of hydrogen-bond donors (Lipinski definition) is 2. The number of benzene rings is 2. The van der Waals surface area contributed by atoms with Crippen LogP contribution in [0.25, 0.3) is 0 Å². The average molecular weight is 350 g/mol. The second-order valence-electron chi connectivity index (χ2n) is 5.10. The Balaban J connectivity index is 2.06. The summed E-state index contributed by atoms with van der Waals surface area (Å²) in [6.45, 7) is 0. The fourth-order valence-corrected chi connectivity index (χ4v) is 3.49. The number of carbonyl (C=O) groups excluding carboxylic acids is 1. The molecule has 0 saturated heterocycles. The predicted molar refractivity (Wildman–Crippen MR) is 79.8 cm³/mol. The Morgan fingerprint density at radius 2 is 1.71 bits per heavy atom. The molecule has 0 aromatic heterocycles. The van der Waals surface area contributed by atoms with Gasteiger partial charge in [-0.25, -0.2) is 9.87 Å². The van der Waals surface area contributed by atoms with Crippen LogP contribution in [-0.2, 0) is 4.79 Å². The number of hydroxylamine groups is 1. The minimum Gasteiger partial charge on any atom is -0.289 e. The third kappa shape index (κ3) is 2.17. The lowest BCUT2D eigenvalue weighted by atomic mass is 10.0. The van der Waals surface area contributed by atoms with E-state index in [1.165, 1.54) is 5.48 Å². The fraction of sp³-hybridized carbons (Fsp3) is 0.188. The van der Waals surface area contributed by atoms with Crippen LogP contribution in [0.1, 0.15) is 23.0 Å². The summed E-state index contributed by atoms with van der Waals surface area (Å²) in [7, 11) is 0. The van der Waals surface area contributed by atoms with Crippen molar-refractivity contribution in [2.45, 2.75) is 17.5 Å². The number of carbonyl (C=O) groups is 1. The molecule has 1 fully saturated rings. The first kappa shape index (κ1) is 14.2. The lowest BCUT2D eigenvalue weighted by Crippen LogP contribution is -2.33. The van der Waals surface area contributed by atoms with Crippen molar-refractivity contribution >= 4 is 21.8 Å². The van der Waals surface area contributed by atoms with Gasteiger partial charge in [-0.05, 0) is 17.2 Å². The molecule has 0 bridgehead atoms. The number of hydrogen-bond acceptors (Lipinski definition) is 2.